The van der Waals surface area contributed by atoms with Gasteiger partial charge in [-0.1, -0.05) is 23.8 Å². The van der Waals surface area contributed by atoms with Gasteiger partial charge in [0.2, 0.25) is 10.0 Å². The van der Waals surface area contributed by atoms with Gasteiger partial charge in [0.15, 0.2) is 0 Å². The van der Waals surface area contributed by atoms with Gasteiger partial charge in [0.25, 0.3) is 0 Å². The van der Waals surface area contributed by atoms with Crippen molar-refractivity contribution < 1.29 is 8.42 Å². The summed E-state index contributed by atoms with van der Waals surface area (Å²) in [6.45, 7) is 3.97. The highest BCUT2D eigenvalue weighted by Crippen LogP contribution is 2.21. The maximum Gasteiger partial charge on any atom is 0.209 e. The Morgan fingerprint density at radius 1 is 1.45 bits per heavy atom. The highest BCUT2D eigenvalue weighted by Gasteiger charge is 2.21. The van der Waals surface area contributed by atoms with Gasteiger partial charge in [0, 0.05) is 23.3 Å². The van der Waals surface area contributed by atoms with Crippen LogP contribution >= 0.6 is 23.8 Å². The fourth-order valence-corrected chi connectivity index (χ4v) is 3.28. The number of nitrogens with two attached hydrogens (primary N) is 1. The highest BCUT2D eigenvalue weighted by atomic mass is 35.5. The van der Waals surface area contributed by atoms with Gasteiger partial charge < -0.3 is 11.1 Å². The van der Waals surface area contributed by atoms with E-state index in [-0.39, 0.29) is 4.99 Å². The van der Waals surface area contributed by atoms with Crippen molar-refractivity contribution in [1.82, 2.24) is 4.72 Å². The van der Waals surface area contributed by atoms with E-state index < -0.39 is 15.6 Å². The van der Waals surface area contributed by atoms with Gasteiger partial charge in [0.05, 0.1) is 11.3 Å². The van der Waals surface area contributed by atoms with E-state index in [2.05, 4.69) is 10.0 Å². The first-order valence-electron chi connectivity index (χ1n) is 5.82. The number of sulfonamides is 1. The van der Waals surface area contributed by atoms with Crippen molar-refractivity contribution in [2.75, 3.05) is 18.1 Å². The van der Waals surface area contributed by atoms with Gasteiger partial charge in [-0.2, -0.15) is 0 Å². The third-order valence-electron chi connectivity index (χ3n) is 2.43. The molecule has 0 unspecified atom stereocenters. The number of hydrogen-bond donors (Lipinski definition) is 3. The Morgan fingerprint density at radius 3 is 2.50 bits per heavy atom. The maximum absolute atomic E-state index is 11.2. The Morgan fingerprint density at radius 2 is 2.05 bits per heavy atom. The lowest BCUT2D eigenvalue weighted by Gasteiger charge is -2.26. The molecular weight excluding hydrogens is 318 g/mol. The zero-order valence-electron chi connectivity index (χ0n) is 11.5. The number of rotatable bonds is 6. The van der Waals surface area contributed by atoms with Crippen LogP contribution in [0.5, 0.6) is 0 Å². The zero-order chi connectivity index (χ0) is 15.6. The van der Waals surface area contributed by atoms with Crippen LogP contribution in [0.4, 0.5) is 5.69 Å². The second-order valence-electron chi connectivity index (χ2n) is 5.17. The second kappa shape index (κ2) is 6.26. The summed E-state index contributed by atoms with van der Waals surface area (Å²) in [7, 11) is -3.26. The molecule has 0 radical (unpaired) electrons. The van der Waals surface area contributed by atoms with Crippen LogP contribution in [0.2, 0.25) is 5.02 Å². The lowest BCUT2D eigenvalue weighted by atomic mass is 10.1. The minimum Gasteiger partial charge on any atom is -0.389 e. The molecule has 0 aliphatic heterocycles. The average molecular weight is 336 g/mol. The third kappa shape index (κ3) is 5.62. The minimum atomic E-state index is -3.26. The fraction of sp³-hybridized carbons (Fsp3) is 0.417. The van der Waals surface area contributed by atoms with Gasteiger partial charge in [0.1, 0.15) is 4.99 Å². The summed E-state index contributed by atoms with van der Waals surface area (Å²) < 4.78 is 25.0. The molecule has 20 heavy (non-hydrogen) atoms. The van der Waals surface area contributed by atoms with Crippen molar-refractivity contribution >= 4 is 44.5 Å². The number of anilines is 1. The molecule has 0 bridgehead atoms. The molecule has 0 atom stereocenters. The fourth-order valence-electron chi connectivity index (χ4n) is 1.69. The van der Waals surface area contributed by atoms with Crippen molar-refractivity contribution in [2.45, 2.75) is 19.4 Å². The molecular formula is C12H18ClN3O2S2. The molecule has 5 nitrogen and oxygen atoms in total. The zero-order valence-corrected chi connectivity index (χ0v) is 13.9. The molecule has 0 amide bonds. The first-order valence-corrected chi connectivity index (χ1v) is 8.50. The lowest BCUT2D eigenvalue weighted by molar-refractivity contribution is 0.476. The minimum absolute atomic E-state index is 0.237. The van der Waals surface area contributed by atoms with Crippen LogP contribution < -0.4 is 15.8 Å². The second-order valence-corrected chi connectivity index (χ2v) is 7.77. The quantitative estimate of drug-likeness (QED) is 0.689. The third-order valence-corrected chi connectivity index (χ3v) is 3.89. The van der Waals surface area contributed by atoms with Crippen LogP contribution in [0.25, 0.3) is 0 Å². The first-order chi connectivity index (χ1) is 9.00. The van der Waals surface area contributed by atoms with E-state index in [0.717, 1.165) is 11.9 Å². The molecule has 0 aromatic heterocycles. The van der Waals surface area contributed by atoms with E-state index >= 15 is 0 Å². The number of hydrogen-bond acceptors (Lipinski definition) is 4. The van der Waals surface area contributed by atoms with Crippen LogP contribution in [0.1, 0.15) is 19.4 Å². The van der Waals surface area contributed by atoms with E-state index in [9.17, 15) is 8.42 Å². The van der Waals surface area contributed by atoms with E-state index in [4.69, 9.17) is 29.6 Å². The molecule has 0 spiro atoms. The Kier molecular flexibility index (Phi) is 5.37. The van der Waals surface area contributed by atoms with E-state index in [1.54, 1.807) is 32.0 Å². The Labute approximate surface area is 129 Å². The molecule has 0 aliphatic carbocycles. The lowest BCUT2D eigenvalue weighted by Crippen LogP contribution is -2.47. The molecule has 1 aromatic carbocycles. The molecule has 0 fully saturated rings. The smallest absolute Gasteiger partial charge is 0.209 e. The van der Waals surface area contributed by atoms with Crippen molar-refractivity contribution in [3.63, 3.8) is 0 Å². The predicted octanol–water partition coefficient (Wildman–Crippen LogP) is 1.71. The molecule has 0 heterocycles. The topological polar surface area (TPSA) is 84.2 Å². The molecule has 0 aliphatic rings. The highest BCUT2D eigenvalue weighted by molar-refractivity contribution is 7.88. The summed E-state index contributed by atoms with van der Waals surface area (Å²) in [5, 5.41) is 3.57. The summed E-state index contributed by atoms with van der Waals surface area (Å²) >= 11 is 10.9. The van der Waals surface area contributed by atoms with Crippen molar-refractivity contribution in [1.29, 1.82) is 0 Å². The van der Waals surface area contributed by atoms with Crippen LogP contribution in [0, 0.1) is 0 Å². The Bertz CT molecular complexity index is 615. The van der Waals surface area contributed by atoms with Crippen LogP contribution in [-0.4, -0.2) is 31.7 Å². The van der Waals surface area contributed by atoms with E-state index in [0.29, 0.717) is 17.1 Å². The monoisotopic (exact) mass is 335 g/mol. The predicted molar refractivity (Wildman–Crippen MR) is 87.9 cm³/mol. The van der Waals surface area contributed by atoms with Crippen LogP contribution in [0.3, 0.4) is 0 Å². The maximum atomic E-state index is 11.2. The standard InChI is InChI=1S/C12H18ClN3O2S2/c1-12(2,16-20(3,17)18)7-15-8-4-5-9(11(14)19)10(13)6-8/h4-6,15-16H,7H2,1-3H3,(H2,14,19). The van der Waals surface area contributed by atoms with Gasteiger partial charge in [-0.15, -0.1) is 0 Å². The van der Waals surface area contributed by atoms with Gasteiger partial charge in [-0.05, 0) is 32.0 Å². The van der Waals surface area contributed by atoms with Crippen LogP contribution in [-0.2, 0) is 10.0 Å². The van der Waals surface area contributed by atoms with Crippen LogP contribution in [0.15, 0.2) is 18.2 Å². The number of nitrogens with one attached hydrogen (secondary N) is 2. The Balaban J connectivity index is 2.76. The molecule has 8 heteroatoms. The molecule has 0 saturated heterocycles. The number of thiocarbonyl (C=S) groups is 1. The van der Waals surface area contributed by atoms with Crippen molar-refractivity contribution in [3.05, 3.63) is 28.8 Å². The molecule has 4 N–H and O–H groups in total. The van der Waals surface area contributed by atoms with E-state index in [1.807, 2.05) is 0 Å². The average Bonchev–Trinajstić information content (AvgIpc) is 2.22. The summed E-state index contributed by atoms with van der Waals surface area (Å²) in [6, 6.07) is 5.22. The molecule has 1 aromatic rings. The van der Waals surface area contributed by atoms with Crippen molar-refractivity contribution in [3.8, 4) is 0 Å². The molecule has 0 saturated carbocycles. The molecule has 112 valence electrons. The summed E-state index contributed by atoms with van der Waals surface area (Å²) in [5.74, 6) is 0. The van der Waals surface area contributed by atoms with Gasteiger partial charge in [-0.3, -0.25) is 0 Å². The number of halogens is 1. The Hall–Kier alpha value is -0.890. The van der Waals surface area contributed by atoms with Gasteiger partial charge >= 0.3 is 0 Å². The SMILES string of the molecule is CC(C)(CNc1ccc(C(N)=S)c(Cl)c1)NS(C)(=O)=O. The molecule has 1 rings (SSSR count). The number of benzene rings is 1. The van der Waals surface area contributed by atoms with Crippen molar-refractivity contribution in [2.24, 2.45) is 5.73 Å². The summed E-state index contributed by atoms with van der Waals surface area (Å²) in [5.41, 5.74) is 6.28. The summed E-state index contributed by atoms with van der Waals surface area (Å²) in [6.07, 6.45) is 1.13. The first kappa shape index (κ1) is 17.2. The summed E-state index contributed by atoms with van der Waals surface area (Å²) in [4.78, 5) is 0.237. The normalized spacial score (nSPS) is 12.2. The largest absolute Gasteiger partial charge is 0.389 e. The van der Waals surface area contributed by atoms with Gasteiger partial charge in [-0.25, -0.2) is 13.1 Å². The van der Waals surface area contributed by atoms with E-state index in [1.165, 1.54) is 0 Å².